The van der Waals surface area contributed by atoms with Gasteiger partial charge in [0.2, 0.25) is 11.8 Å². The normalized spacial score (nSPS) is 10.6. The minimum Gasteiger partial charge on any atom is -0.419 e. The monoisotopic (exact) mass is 373 g/mol. The van der Waals surface area contributed by atoms with E-state index in [0.29, 0.717) is 11.1 Å². The molecule has 0 atom stereocenters. The molecule has 0 aliphatic heterocycles. The van der Waals surface area contributed by atoms with Crippen LogP contribution < -0.4 is 5.32 Å². The smallest absolute Gasteiger partial charge is 0.251 e. The van der Waals surface area contributed by atoms with E-state index in [4.69, 9.17) is 4.42 Å². The van der Waals surface area contributed by atoms with Crippen LogP contribution in [0.2, 0.25) is 0 Å². The van der Waals surface area contributed by atoms with Gasteiger partial charge in [0.05, 0.1) is 6.54 Å². The van der Waals surface area contributed by atoms with Gasteiger partial charge in [0.15, 0.2) is 0 Å². The highest BCUT2D eigenvalue weighted by atomic mass is 19.1. The largest absolute Gasteiger partial charge is 0.419 e. The van der Waals surface area contributed by atoms with Crippen molar-refractivity contribution in [2.24, 2.45) is 0 Å². The van der Waals surface area contributed by atoms with Gasteiger partial charge in [-0.2, -0.15) is 0 Å². The zero-order chi connectivity index (χ0) is 19.3. The highest BCUT2D eigenvalue weighted by molar-refractivity contribution is 5.95. The molecule has 138 valence electrons. The first kappa shape index (κ1) is 17.6. The molecule has 5 nitrogen and oxygen atoms in total. The molecule has 3 aromatic carbocycles. The molecular weight excluding hydrogens is 357 g/mol. The lowest BCUT2D eigenvalue weighted by Gasteiger charge is -2.06. The number of amides is 1. The van der Waals surface area contributed by atoms with Crippen LogP contribution in [0.1, 0.15) is 16.2 Å². The van der Waals surface area contributed by atoms with E-state index >= 15 is 0 Å². The SMILES string of the molecule is O=C(NCc1nnc(-c2ccc(F)cc2)o1)c1cccc(-c2ccccc2)c1. The van der Waals surface area contributed by atoms with E-state index in [2.05, 4.69) is 15.5 Å². The summed E-state index contributed by atoms with van der Waals surface area (Å²) in [7, 11) is 0. The van der Waals surface area contributed by atoms with Crippen LogP contribution in [-0.4, -0.2) is 16.1 Å². The number of carbonyl (C=O) groups excluding carboxylic acids is 1. The number of hydrogen-bond acceptors (Lipinski definition) is 4. The van der Waals surface area contributed by atoms with E-state index in [1.165, 1.54) is 12.1 Å². The van der Waals surface area contributed by atoms with Gasteiger partial charge in [-0.1, -0.05) is 42.5 Å². The fourth-order valence-electron chi connectivity index (χ4n) is 2.76. The molecule has 0 spiro atoms. The second kappa shape index (κ2) is 7.84. The summed E-state index contributed by atoms with van der Waals surface area (Å²) >= 11 is 0. The first-order chi connectivity index (χ1) is 13.7. The molecule has 0 saturated heterocycles. The van der Waals surface area contributed by atoms with Gasteiger partial charge in [-0.15, -0.1) is 10.2 Å². The van der Waals surface area contributed by atoms with Crippen molar-refractivity contribution in [2.75, 3.05) is 0 Å². The maximum Gasteiger partial charge on any atom is 0.251 e. The molecule has 0 unspecified atom stereocenters. The third-order valence-corrected chi connectivity index (χ3v) is 4.19. The Balaban J connectivity index is 1.43. The quantitative estimate of drug-likeness (QED) is 0.560. The first-order valence-corrected chi connectivity index (χ1v) is 8.71. The summed E-state index contributed by atoms with van der Waals surface area (Å²) in [5, 5.41) is 10.6. The Morgan fingerprint density at radius 1 is 0.857 bits per heavy atom. The number of benzene rings is 3. The predicted octanol–water partition coefficient (Wildman–Crippen LogP) is 4.47. The number of nitrogens with zero attached hydrogens (tertiary/aromatic N) is 2. The molecule has 4 rings (SSSR count). The van der Waals surface area contributed by atoms with Crippen molar-refractivity contribution in [3.05, 3.63) is 96.1 Å². The summed E-state index contributed by atoms with van der Waals surface area (Å²) in [6, 6.07) is 23.0. The van der Waals surface area contributed by atoms with Crippen molar-refractivity contribution in [2.45, 2.75) is 6.54 Å². The maximum atomic E-state index is 13.0. The number of aromatic nitrogens is 2. The van der Waals surface area contributed by atoms with Gasteiger partial charge in [0.1, 0.15) is 5.82 Å². The topological polar surface area (TPSA) is 68.0 Å². The van der Waals surface area contributed by atoms with Crippen LogP contribution in [-0.2, 0) is 6.54 Å². The molecular formula is C22H16FN3O2. The molecule has 6 heteroatoms. The van der Waals surface area contributed by atoms with E-state index in [1.807, 2.05) is 48.5 Å². The molecule has 1 heterocycles. The Kier molecular flexibility index (Phi) is 4.93. The van der Waals surface area contributed by atoms with Crippen LogP contribution in [0.4, 0.5) is 4.39 Å². The molecule has 0 saturated carbocycles. The van der Waals surface area contributed by atoms with Crippen molar-refractivity contribution in [3.63, 3.8) is 0 Å². The number of halogens is 1. The third kappa shape index (κ3) is 3.96. The van der Waals surface area contributed by atoms with Crippen LogP contribution in [0.3, 0.4) is 0 Å². The number of nitrogens with one attached hydrogen (secondary N) is 1. The Morgan fingerprint density at radius 2 is 1.61 bits per heavy atom. The standard InChI is InChI=1S/C22H16FN3O2/c23-19-11-9-16(10-12-19)22-26-25-20(28-22)14-24-21(27)18-8-4-7-17(13-18)15-5-2-1-3-6-15/h1-13H,14H2,(H,24,27). The van der Waals surface area contributed by atoms with Gasteiger partial charge in [-0.25, -0.2) is 4.39 Å². The number of carbonyl (C=O) groups is 1. The summed E-state index contributed by atoms with van der Waals surface area (Å²) in [4.78, 5) is 12.5. The molecule has 0 radical (unpaired) electrons. The van der Waals surface area contributed by atoms with Crippen molar-refractivity contribution < 1.29 is 13.6 Å². The highest BCUT2D eigenvalue weighted by Crippen LogP contribution is 2.20. The molecule has 4 aromatic rings. The molecule has 0 aliphatic carbocycles. The Bertz CT molecular complexity index is 1090. The summed E-state index contributed by atoms with van der Waals surface area (Å²) in [6.07, 6.45) is 0. The molecule has 1 amide bonds. The van der Waals surface area contributed by atoms with Crippen molar-refractivity contribution in [1.82, 2.24) is 15.5 Å². The van der Waals surface area contributed by atoms with Crippen molar-refractivity contribution >= 4 is 5.91 Å². The third-order valence-electron chi connectivity index (χ3n) is 4.19. The fraction of sp³-hybridized carbons (Fsp3) is 0.0455. The Hall–Kier alpha value is -3.80. The van der Waals surface area contributed by atoms with Crippen LogP contribution in [0.15, 0.2) is 83.3 Å². The summed E-state index contributed by atoms with van der Waals surface area (Å²) < 4.78 is 18.5. The van der Waals surface area contributed by atoms with Crippen LogP contribution in [0.5, 0.6) is 0 Å². The van der Waals surface area contributed by atoms with Crippen molar-refractivity contribution in [1.29, 1.82) is 0 Å². The van der Waals surface area contributed by atoms with Gasteiger partial charge >= 0.3 is 0 Å². The van der Waals surface area contributed by atoms with E-state index in [0.717, 1.165) is 11.1 Å². The first-order valence-electron chi connectivity index (χ1n) is 8.71. The zero-order valence-corrected chi connectivity index (χ0v) is 14.8. The van der Waals surface area contributed by atoms with Crippen LogP contribution in [0, 0.1) is 5.82 Å². The lowest BCUT2D eigenvalue weighted by Crippen LogP contribution is -2.22. The minimum atomic E-state index is -0.339. The van der Waals surface area contributed by atoms with E-state index in [9.17, 15) is 9.18 Å². The second-order valence-electron chi connectivity index (χ2n) is 6.14. The average molecular weight is 373 g/mol. The molecule has 28 heavy (non-hydrogen) atoms. The van der Waals surface area contributed by atoms with E-state index in [1.54, 1.807) is 18.2 Å². The minimum absolute atomic E-state index is 0.0998. The van der Waals surface area contributed by atoms with Gasteiger partial charge in [0.25, 0.3) is 5.91 Å². The molecule has 0 bridgehead atoms. The van der Waals surface area contributed by atoms with Gasteiger partial charge in [-0.3, -0.25) is 4.79 Å². The lowest BCUT2D eigenvalue weighted by molar-refractivity contribution is 0.0947. The maximum absolute atomic E-state index is 13.0. The highest BCUT2D eigenvalue weighted by Gasteiger charge is 2.11. The van der Waals surface area contributed by atoms with Crippen LogP contribution >= 0.6 is 0 Å². The molecule has 1 N–H and O–H groups in total. The number of hydrogen-bond donors (Lipinski definition) is 1. The second-order valence-corrected chi connectivity index (χ2v) is 6.14. The summed E-state index contributed by atoms with van der Waals surface area (Å²) in [5.74, 6) is -0.0324. The summed E-state index contributed by atoms with van der Waals surface area (Å²) in [5.41, 5.74) is 3.16. The zero-order valence-electron chi connectivity index (χ0n) is 14.8. The average Bonchev–Trinajstić information content (AvgIpc) is 3.22. The lowest BCUT2D eigenvalue weighted by atomic mass is 10.0. The summed E-state index contributed by atoms with van der Waals surface area (Å²) in [6.45, 7) is 0.0998. The Labute approximate surface area is 160 Å². The number of rotatable bonds is 5. The van der Waals surface area contributed by atoms with Gasteiger partial charge in [-0.05, 0) is 47.5 Å². The molecule has 0 fully saturated rings. The van der Waals surface area contributed by atoms with Crippen molar-refractivity contribution in [3.8, 4) is 22.6 Å². The van der Waals surface area contributed by atoms with E-state index in [-0.39, 0.29) is 30.1 Å². The van der Waals surface area contributed by atoms with Gasteiger partial charge in [0, 0.05) is 11.1 Å². The van der Waals surface area contributed by atoms with Crippen LogP contribution in [0.25, 0.3) is 22.6 Å². The molecule has 1 aromatic heterocycles. The van der Waals surface area contributed by atoms with E-state index < -0.39 is 0 Å². The fourth-order valence-corrected chi connectivity index (χ4v) is 2.76. The van der Waals surface area contributed by atoms with Gasteiger partial charge < -0.3 is 9.73 Å². The molecule has 0 aliphatic rings. The predicted molar refractivity (Wildman–Crippen MR) is 103 cm³/mol. The Morgan fingerprint density at radius 3 is 2.39 bits per heavy atom.